The molecule has 1 fully saturated rings. The van der Waals surface area contributed by atoms with Crippen LogP contribution in [0.25, 0.3) is 0 Å². The third-order valence-corrected chi connectivity index (χ3v) is 5.41. The zero-order chi connectivity index (χ0) is 20.5. The summed E-state index contributed by atoms with van der Waals surface area (Å²) in [7, 11) is 2.16. The smallest absolute Gasteiger partial charge is 0.125 e. The van der Waals surface area contributed by atoms with E-state index in [-0.39, 0.29) is 12.2 Å². The maximum absolute atomic E-state index is 6.57. The quantitative estimate of drug-likeness (QED) is 0.541. The molecule has 1 aromatic heterocycles. The number of hydrogen-bond donors (Lipinski definition) is 1. The average molecular weight is 412 g/mol. The zero-order valence-corrected chi connectivity index (χ0v) is 17.9. The molecule has 0 amide bonds. The van der Waals surface area contributed by atoms with E-state index in [1.165, 1.54) is 0 Å². The van der Waals surface area contributed by atoms with E-state index < -0.39 is 0 Å². The third-order valence-electron chi connectivity index (χ3n) is 5.19. The Kier molecular flexibility index (Phi) is 8.52. The van der Waals surface area contributed by atoms with E-state index in [4.69, 9.17) is 22.1 Å². The standard InChI is InChI=1S/C24H30ClN3O/c1-28-15-12-22(13-16-28)29-24(23-11-10-21(25)18-27-23)20-9-6-8-19(17-20)7-4-2-3-5-14-26/h6,8-11,17-18,22,24H,2-3,5,12-16,26H2,1H3. The van der Waals surface area contributed by atoms with Crippen molar-refractivity contribution in [1.29, 1.82) is 0 Å². The predicted octanol–water partition coefficient (Wildman–Crippen LogP) is 4.42. The van der Waals surface area contributed by atoms with Crippen LogP contribution in [0.3, 0.4) is 0 Å². The Morgan fingerprint density at radius 3 is 2.79 bits per heavy atom. The molecule has 4 nitrogen and oxygen atoms in total. The van der Waals surface area contributed by atoms with Gasteiger partial charge in [-0.1, -0.05) is 35.6 Å². The van der Waals surface area contributed by atoms with Crippen molar-refractivity contribution in [2.75, 3.05) is 26.7 Å². The minimum Gasteiger partial charge on any atom is -0.364 e. The van der Waals surface area contributed by atoms with Crippen molar-refractivity contribution >= 4 is 11.6 Å². The van der Waals surface area contributed by atoms with Gasteiger partial charge in [-0.05, 0) is 69.1 Å². The highest BCUT2D eigenvalue weighted by Crippen LogP contribution is 2.30. The molecule has 0 radical (unpaired) electrons. The lowest BCUT2D eigenvalue weighted by molar-refractivity contribution is -0.0250. The van der Waals surface area contributed by atoms with Crippen LogP contribution in [-0.2, 0) is 4.74 Å². The van der Waals surface area contributed by atoms with Crippen LogP contribution in [0.5, 0.6) is 0 Å². The van der Waals surface area contributed by atoms with Gasteiger partial charge in [0.15, 0.2) is 0 Å². The van der Waals surface area contributed by atoms with Crippen LogP contribution in [0.4, 0.5) is 0 Å². The number of rotatable bonds is 7. The largest absolute Gasteiger partial charge is 0.364 e. The molecule has 1 atom stereocenters. The molecule has 0 aliphatic carbocycles. The molecule has 0 spiro atoms. The molecule has 1 unspecified atom stereocenters. The molecule has 3 rings (SSSR count). The molecule has 1 saturated heterocycles. The molecule has 1 aromatic carbocycles. The summed E-state index contributed by atoms with van der Waals surface area (Å²) >= 11 is 6.05. The number of benzene rings is 1. The number of likely N-dealkylation sites (tertiary alicyclic amines) is 1. The van der Waals surface area contributed by atoms with E-state index in [0.717, 1.165) is 68.6 Å². The van der Waals surface area contributed by atoms with Gasteiger partial charge in [0, 0.05) is 31.3 Å². The number of piperidine rings is 1. The fraction of sp³-hybridized carbons (Fsp3) is 0.458. The summed E-state index contributed by atoms with van der Waals surface area (Å²) in [5.74, 6) is 6.53. The summed E-state index contributed by atoms with van der Waals surface area (Å²) in [6, 6.07) is 12.1. The van der Waals surface area contributed by atoms with Crippen LogP contribution >= 0.6 is 11.6 Å². The van der Waals surface area contributed by atoms with Gasteiger partial charge in [-0.3, -0.25) is 4.98 Å². The van der Waals surface area contributed by atoms with Crippen LogP contribution in [0, 0.1) is 11.8 Å². The van der Waals surface area contributed by atoms with Gasteiger partial charge in [0.05, 0.1) is 16.8 Å². The number of hydrogen-bond acceptors (Lipinski definition) is 4. The molecular weight excluding hydrogens is 382 g/mol. The maximum Gasteiger partial charge on any atom is 0.125 e. The van der Waals surface area contributed by atoms with Gasteiger partial charge < -0.3 is 15.4 Å². The van der Waals surface area contributed by atoms with Gasteiger partial charge in [0.2, 0.25) is 0 Å². The maximum atomic E-state index is 6.57. The lowest BCUT2D eigenvalue weighted by atomic mass is 10.0. The number of pyridine rings is 1. The molecule has 1 aliphatic rings. The van der Waals surface area contributed by atoms with Gasteiger partial charge in [0.25, 0.3) is 0 Å². The molecule has 0 bridgehead atoms. The highest BCUT2D eigenvalue weighted by atomic mass is 35.5. The minimum atomic E-state index is -0.223. The second kappa shape index (κ2) is 11.3. The van der Waals surface area contributed by atoms with Crippen LogP contribution < -0.4 is 5.73 Å². The van der Waals surface area contributed by atoms with Crippen molar-refractivity contribution in [3.8, 4) is 11.8 Å². The summed E-state index contributed by atoms with van der Waals surface area (Å²) in [6.45, 7) is 2.83. The summed E-state index contributed by atoms with van der Waals surface area (Å²) in [4.78, 5) is 6.89. The van der Waals surface area contributed by atoms with Gasteiger partial charge in [-0.15, -0.1) is 0 Å². The normalized spacial score (nSPS) is 16.2. The molecule has 1 aliphatic heterocycles. The third kappa shape index (κ3) is 6.83. The van der Waals surface area contributed by atoms with E-state index in [9.17, 15) is 0 Å². The molecule has 154 valence electrons. The second-order valence-corrected chi connectivity index (χ2v) is 8.03. The highest BCUT2D eigenvalue weighted by molar-refractivity contribution is 6.30. The zero-order valence-electron chi connectivity index (χ0n) is 17.1. The number of nitrogens with two attached hydrogens (primary N) is 1. The molecular formula is C24H30ClN3O. The average Bonchev–Trinajstić information content (AvgIpc) is 2.74. The summed E-state index contributed by atoms with van der Waals surface area (Å²) in [6.07, 6.45) is 6.67. The van der Waals surface area contributed by atoms with E-state index in [0.29, 0.717) is 5.02 Å². The van der Waals surface area contributed by atoms with Gasteiger partial charge in [0.1, 0.15) is 6.10 Å². The predicted molar refractivity (Wildman–Crippen MR) is 119 cm³/mol. The number of ether oxygens (including phenoxy) is 1. The monoisotopic (exact) mass is 411 g/mol. The van der Waals surface area contributed by atoms with Gasteiger partial charge in [-0.2, -0.15) is 0 Å². The lowest BCUT2D eigenvalue weighted by Crippen LogP contribution is -2.35. The first kappa shape index (κ1) is 21.8. The van der Waals surface area contributed by atoms with Crippen LogP contribution in [0.1, 0.15) is 55.0 Å². The van der Waals surface area contributed by atoms with Crippen molar-refractivity contribution in [2.45, 2.75) is 44.3 Å². The second-order valence-electron chi connectivity index (χ2n) is 7.59. The molecule has 2 N–H and O–H groups in total. The van der Waals surface area contributed by atoms with E-state index in [2.05, 4.69) is 40.9 Å². The van der Waals surface area contributed by atoms with Crippen molar-refractivity contribution in [3.05, 3.63) is 64.4 Å². The molecule has 2 aromatic rings. The highest BCUT2D eigenvalue weighted by Gasteiger charge is 2.24. The van der Waals surface area contributed by atoms with Gasteiger partial charge >= 0.3 is 0 Å². The first-order valence-electron chi connectivity index (χ1n) is 10.4. The summed E-state index contributed by atoms with van der Waals surface area (Å²) in [5, 5.41) is 0.629. The molecule has 5 heteroatoms. The number of nitrogens with zero attached hydrogens (tertiary/aromatic N) is 2. The fourth-order valence-electron chi connectivity index (χ4n) is 3.48. The number of unbranched alkanes of at least 4 members (excludes halogenated alkanes) is 2. The Bertz CT molecular complexity index is 820. The summed E-state index contributed by atoms with van der Waals surface area (Å²) in [5.41, 5.74) is 8.50. The topological polar surface area (TPSA) is 51.4 Å². The Morgan fingerprint density at radius 2 is 2.07 bits per heavy atom. The Morgan fingerprint density at radius 1 is 1.24 bits per heavy atom. The minimum absolute atomic E-state index is 0.222. The fourth-order valence-corrected chi connectivity index (χ4v) is 3.59. The number of aromatic nitrogens is 1. The molecule has 0 saturated carbocycles. The van der Waals surface area contributed by atoms with Crippen LogP contribution in [0.2, 0.25) is 5.02 Å². The van der Waals surface area contributed by atoms with Crippen LogP contribution in [0.15, 0.2) is 42.6 Å². The summed E-state index contributed by atoms with van der Waals surface area (Å²) < 4.78 is 6.57. The van der Waals surface area contributed by atoms with Crippen molar-refractivity contribution in [3.63, 3.8) is 0 Å². The number of halogens is 1. The van der Waals surface area contributed by atoms with Crippen molar-refractivity contribution in [2.24, 2.45) is 5.73 Å². The SMILES string of the molecule is CN1CCC(OC(c2cccc(C#CCCCCN)c2)c2ccc(Cl)cn2)CC1. The molecule has 29 heavy (non-hydrogen) atoms. The first-order chi connectivity index (χ1) is 14.2. The Labute approximate surface area is 179 Å². The Balaban J connectivity index is 1.79. The van der Waals surface area contributed by atoms with Crippen molar-refractivity contribution < 1.29 is 4.74 Å². The van der Waals surface area contributed by atoms with Gasteiger partial charge in [-0.25, -0.2) is 0 Å². The van der Waals surface area contributed by atoms with Crippen molar-refractivity contribution in [1.82, 2.24) is 9.88 Å². The van der Waals surface area contributed by atoms with E-state index in [1.807, 2.05) is 24.3 Å². The first-order valence-corrected chi connectivity index (χ1v) is 10.8. The van der Waals surface area contributed by atoms with E-state index in [1.54, 1.807) is 6.20 Å². The van der Waals surface area contributed by atoms with E-state index >= 15 is 0 Å². The lowest BCUT2D eigenvalue weighted by Gasteiger charge is -2.32. The van der Waals surface area contributed by atoms with Crippen LogP contribution in [-0.4, -0.2) is 42.7 Å². The Hall–Kier alpha value is -1.90. The molecule has 2 heterocycles.